The lowest BCUT2D eigenvalue weighted by Crippen LogP contribution is -2.42. The molecule has 1 aromatic heterocycles. The lowest BCUT2D eigenvalue weighted by Gasteiger charge is -2.13. The third-order valence-electron chi connectivity index (χ3n) is 5.18. The number of aromatic nitrogens is 2. The third-order valence-corrected chi connectivity index (χ3v) is 6.99. The second-order valence-electron chi connectivity index (χ2n) is 7.75. The Kier molecular flexibility index (Phi) is 6.76. The van der Waals surface area contributed by atoms with Gasteiger partial charge in [0.1, 0.15) is 5.69 Å². The Balaban J connectivity index is 1.58. The number of sulfonamides is 1. The molecule has 0 aliphatic rings. The molecule has 4 rings (SSSR count). The standard InChI is InChI=1S/C25H23N5O4S/c1-29(2)35(33,34)21-15-9-12-19(16-21)24(31)26-27-25(32)23-17-22(18-10-5-3-6-11-18)28-30(23)20-13-7-4-8-14-20/h3-17H,1-2H3,(H,26,31)(H,27,32). The Morgan fingerprint density at radius 2 is 1.43 bits per heavy atom. The summed E-state index contributed by atoms with van der Waals surface area (Å²) in [5, 5.41) is 4.58. The number of nitrogens with zero attached hydrogens (tertiary/aromatic N) is 3. The van der Waals surface area contributed by atoms with Crippen molar-refractivity contribution >= 4 is 21.8 Å². The van der Waals surface area contributed by atoms with Crippen LogP contribution in [0.15, 0.2) is 95.9 Å². The van der Waals surface area contributed by atoms with Crippen LogP contribution >= 0.6 is 0 Å². The average Bonchev–Trinajstić information content (AvgIpc) is 3.34. The van der Waals surface area contributed by atoms with Crippen LogP contribution in [0, 0.1) is 0 Å². The second kappa shape index (κ2) is 9.92. The second-order valence-corrected chi connectivity index (χ2v) is 9.90. The minimum atomic E-state index is -3.71. The van der Waals surface area contributed by atoms with Crippen LogP contribution in [0.3, 0.4) is 0 Å². The molecule has 1 heterocycles. The van der Waals surface area contributed by atoms with E-state index in [1.807, 2.05) is 60.7 Å². The summed E-state index contributed by atoms with van der Waals surface area (Å²) in [4.78, 5) is 25.7. The van der Waals surface area contributed by atoms with Gasteiger partial charge in [0, 0.05) is 25.2 Å². The van der Waals surface area contributed by atoms with Gasteiger partial charge < -0.3 is 0 Å². The van der Waals surface area contributed by atoms with E-state index in [-0.39, 0.29) is 16.2 Å². The Hall–Kier alpha value is -4.28. The number of para-hydroxylation sites is 1. The predicted molar refractivity (Wildman–Crippen MR) is 131 cm³/mol. The van der Waals surface area contributed by atoms with Gasteiger partial charge in [-0.25, -0.2) is 17.4 Å². The molecule has 0 spiro atoms. The largest absolute Gasteiger partial charge is 0.288 e. The number of amides is 2. The van der Waals surface area contributed by atoms with Gasteiger partial charge in [0.25, 0.3) is 11.8 Å². The topological polar surface area (TPSA) is 113 Å². The molecule has 2 N–H and O–H groups in total. The van der Waals surface area contributed by atoms with Gasteiger partial charge >= 0.3 is 0 Å². The average molecular weight is 490 g/mol. The molecule has 9 nitrogen and oxygen atoms in total. The monoisotopic (exact) mass is 489 g/mol. The molecule has 0 unspecified atom stereocenters. The third kappa shape index (κ3) is 5.13. The maximum Gasteiger partial charge on any atom is 0.288 e. The summed E-state index contributed by atoms with van der Waals surface area (Å²) in [6.45, 7) is 0. The van der Waals surface area contributed by atoms with Crippen LogP contribution in [0.1, 0.15) is 20.8 Å². The Labute approximate surface area is 203 Å². The SMILES string of the molecule is CN(C)S(=O)(=O)c1cccc(C(=O)NNC(=O)c2cc(-c3ccccc3)nn2-c2ccccc2)c1. The number of hydrogen-bond donors (Lipinski definition) is 2. The first-order valence-corrected chi connectivity index (χ1v) is 12.1. The van der Waals surface area contributed by atoms with Gasteiger partial charge in [0.2, 0.25) is 10.0 Å². The number of nitrogens with one attached hydrogen (secondary N) is 2. The summed E-state index contributed by atoms with van der Waals surface area (Å²) < 4.78 is 27.3. The van der Waals surface area contributed by atoms with Crippen molar-refractivity contribution in [1.82, 2.24) is 24.9 Å². The first-order valence-electron chi connectivity index (χ1n) is 10.6. The summed E-state index contributed by atoms with van der Waals surface area (Å²) >= 11 is 0. The molecule has 3 aromatic carbocycles. The lowest BCUT2D eigenvalue weighted by molar-refractivity contribution is 0.0842. The molecule has 35 heavy (non-hydrogen) atoms. The Bertz CT molecular complexity index is 1470. The van der Waals surface area contributed by atoms with Crippen molar-refractivity contribution in [2.75, 3.05) is 14.1 Å². The highest BCUT2D eigenvalue weighted by atomic mass is 32.2. The van der Waals surface area contributed by atoms with Crippen LogP contribution in [0.4, 0.5) is 0 Å². The summed E-state index contributed by atoms with van der Waals surface area (Å²) in [6.07, 6.45) is 0. The van der Waals surface area contributed by atoms with Crippen molar-refractivity contribution in [1.29, 1.82) is 0 Å². The van der Waals surface area contributed by atoms with Gasteiger partial charge in [-0.15, -0.1) is 0 Å². The molecular formula is C25H23N5O4S. The summed E-state index contributed by atoms with van der Waals surface area (Å²) in [7, 11) is -0.903. The number of rotatable bonds is 6. The van der Waals surface area contributed by atoms with E-state index < -0.39 is 21.8 Å². The minimum Gasteiger partial charge on any atom is -0.267 e. The molecule has 0 bridgehead atoms. The van der Waals surface area contributed by atoms with Gasteiger partial charge in [-0.1, -0.05) is 54.6 Å². The summed E-state index contributed by atoms with van der Waals surface area (Å²) in [6, 6.07) is 25.8. The maximum atomic E-state index is 13.0. The van der Waals surface area contributed by atoms with Gasteiger partial charge in [-0.3, -0.25) is 20.4 Å². The fraction of sp³-hybridized carbons (Fsp3) is 0.0800. The molecule has 0 saturated heterocycles. The minimum absolute atomic E-state index is 0.0314. The maximum absolute atomic E-state index is 13.0. The van der Waals surface area contributed by atoms with Crippen molar-refractivity contribution in [3.8, 4) is 16.9 Å². The molecule has 4 aromatic rings. The van der Waals surface area contributed by atoms with Crippen molar-refractivity contribution in [3.63, 3.8) is 0 Å². The molecule has 178 valence electrons. The van der Waals surface area contributed by atoms with Crippen LogP contribution in [-0.2, 0) is 10.0 Å². The van der Waals surface area contributed by atoms with E-state index in [1.165, 1.54) is 43.0 Å². The summed E-state index contributed by atoms with van der Waals surface area (Å²) in [5.41, 5.74) is 7.12. The molecule has 0 aliphatic heterocycles. The molecule has 0 atom stereocenters. The smallest absolute Gasteiger partial charge is 0.267 e. The Morgan fingerprint density at radius 1 is 0.800 bits per heavy atom. The van der Waals surface area contributed by atoms with Crippen molar-refractivity contribution in [2.45, 2.75) is 4.90 Å². The van der Waals surface area contributed by atoms with Crippen LogP contribution in [0.25, 0.3) is 16.9 Å². The quantitative estimate of drug-likeness (QED) is 0.405. The van der Waals surface area contributed by atoms with Crippen LogP contribution < -0.4 is 10.9 Å². The van der Waals surface area contributed by atoms with Crippen LogP contribution in [0.2, 0.25) is 0 Å². The zero-order valence-corrected chi connectivity index (χ0v) is 19.9. The first-order chi connectivity index (χ1) is 16.8. The van der Waals surface area contributed by atoms with Gasteiger partial charge in [0.15, 0.2) is 0 Å². The van der Waals surface area contributed by atoms with Gasteiger partial charge in [-0.2, -0.15) is 5.10 Å². The fourth-order valence-electron chi connectivity index (χ4n) is 3.32. The molecule has 0 aliphatic carbocycles. The molecule has 2 amide bonds. The molecular weight excluding hydrogens is 466 g/mol. The lowest BCUT2D eigenvalue weighted by atomic mass is 10.1. The fourth-order valence-corrected chi connectivity index (χ4v) is 4.27. The van der Waals surface area contributed by atoms with Crippen LogP contribution in [0.5, 0.6) is 0 Å². The van der Waals surface area contributed by atoms with Gasteiger partial charge in [0.05, 0.1) is 16.3 Å². The van der Waals surface area contributed by atoms with Crippen LogP contribution in [-0.4, -0.2) is 48.4 Å². The zero-order valence-electron chi connectivity index (χ0n) is 19.0. The zero-order chi connectivity index (χ0) is 25.0. The van der Waals surface area contributed by atoms with Gasteiger partial charge in [-0.05, 0) is 36.4 Å². The van der Waals surface area contributed by atoms with Crippen molar-refractivity contribution in [2.24, 2.45) is 0 Å². The number of hydrogen-bond acceptors (Lipinski definition) is 5. The van der Waals surface area contributed by atoms with E-state index in [9.17, 15) is 18.0 Å². The van der Waals surface area contributed by atoms with E-state index >= 15 is 0 Å². The van der Waals surface area contributed by atoms with E-state index in [0.717, 1.165) is 9.87 Å². The highest BCUT2D eigenvalue weighted by Gasteiger charge is 2.21. The number of carbonyl (C=O) groups excluding carboxylic acids is 2. The molecule has 0 fully saturated rings. The molecule has 10 heteroatoms. The predicted octanol–water partition coefficient (Wildman–Crippen LogP) is 2.86. The molecule has 0 saturated carbocycles. The number of carbonyl (C=O) groups is 2. The van der Waals surface area contributed by atoms with E-state index in [4.69, 9.17) is 0 Å². The van der Waals surface area contributed by atoms with E-state index in [2.05, 4.69) is 16.0 Å². The Morgan fingerprint density at radius 3 is 2.09 bits per heavy atom. The van der Waals surface area contributed by atoms with Crippen molar-refractivity contribution in [3.05, 3.63) is 102 Å². The van der Waals surface area contributed by atoms with Crippen molar-refractivity contribution < 1.29 is 18.0 Å². The summed E-state index contributed by atoms with van der Waals surface area (Å²) in [5.74, 6) is -1.25. The van der Waals surface area contributed by atoms with E-state index in [1.54, 1.807) is 6.07 Å². The van der Waals surface area contributed by atoms with E-state index in [0.29, 0.717) is 11.4 Å². The highest BCUT2D eigenvalue weighted by Crippen LogP contribution is 2.21. The highest BCUT2D eigenvalue weighted by molar-refractivity contribution is 7.89. The normalized spacial score (nSPS) is 11.3. The molecule has 0 radical (unpaired) electrons. The first kappa shape index (κ1) is 23.9. The number of hydrazine groups is 1. The number of benzene rings is 3.